The van der Waals surface area contributed by atoms with E-state index in [0.29, 0.717) is 17.4 Å². The molecule has 0 spiro atoms. The van der Waals surface area contributed by atoms with Crippen molar-refractivity contribution in [2.24, 2.45) is 11.3 Å². The summed E-state index contributed by atoms with van der Waals surface area (Å²) in [6.45, 7) is 22.6. The van der Waals surface area contributed by atoms with Gasteiger partial charge in [0, 0.05) is 29.2 Å². The van der Waals surface area contributed by atoms with Crippen molar-refractivity contribution in [3.05, 3.63) is 102 Å². The van der Waals surface area contributed by atoms with Gasteiger partial charge in [-0.25, -0.2) is 0 Å². The number of nitrogens with zero attached hydrogens (tertiary/aromatic N) is 2. The Morgan fingerprint density at radius 3 is 2.52 bits per heavy atom. The highest BCUT2D eigenvalue weighted by molar-refractivity contribution is 5.95. The number of aldehydes is 1. The van der Waals surface area contributed by atoms with Crippen LogP contribution in [0.15, 0.2) is 85.6 Å². The molecule has 0 amide bonds. The van der Waals surface area contributed by atoms with E-state index in [1.807, 2.05) is 12.3 Å². The third kappa shape index (κ3) is 7.86. The second-order valence-corrected chi connectivity index (χ2v) is 13.7. The maximum atomic E-state index is 10.9. The Bertz CT molecular complexity index is 1600. The molecule has 0 aliphatic heterocycles. The molecule has 3 nitrogen and oxygen atoms in total. The lowest BCUT2D eigenvalue weighted by molar-refractivity contribution is -0.105. The van der Waals surface area contributed by atoms with Crippen LogP contribution in [-0.4, -0.2) is 15.8 Å². The summed E-state index contributed by atoms with van der Waals surface area (Å²) in [5.74, 6) is 0.882. The van der Waals surface area contributed by atoms with Crippen molar-refractivity contribution in [1.29, 1.82) is 0 Å². The molecule has 2 aromatic carbocycles. The van der Waals surface area contributed by atoms with Gasteiger partial charge in [0.25, 0.3) is 0 Å². The largest absolute Gasteiger partial charge is 0.340 e. The van der Waals surface area contributed by atoms with Crippen LogP contribution in [0.25, 0.3) is 33.3 Å². The van der Waals surface area contributed by atoms with Crippen molar-refractivity contribution in [1.82, 2.24) is 9.55 Å². The van der Waals surface area contributed by atoms with Gasteiger partial charge in [0.05, 0.1) is 11.4 Å². The summed E-state index contributed by atoms with van der Waals surface area (Å²) in [6, 6.07) is 20.5. The van der Waals surface area contributed by atoms with Crippen LogP contribution < -0.4 is 0 Å². The summed E-state index contributed by atoms with van der Waals surface area (Å²) in [5.41, 5.74) is 11.2. The molecule has 0 aliphatic carbocycles. The number of aryl methyl sites for hydroxylation is 1. The fourth-order valence-electron chi connectivity index (χ4n) is 6.68. The first-order chi connectivity index (χ1) is 21.1. The van der Waals surface area contributed by atoms with Gasteiger partial charge in [-0.1, -0.05) is 84.0 Å². The number of carbonyl (C=O) groups excluding carboxylic acids is 1. The molecule has 1 atom stereocenters. The molecule has 0 saturated heterocycles. The van der Waals surface area contributed by atoms with Crippen LogP contribution in [0.5, 0.6) is 0 Å². The van der Waals surface area contributed by atoms with Gasteiger partial charge in [0.1, 0.15) is 6.29 Å². The Hall–Kier alpha value is -3.72. The molecular weight excluding hydrogens is 536 g/mol. The SMILES string of the molecule is C=CCCC(C)(C)Cc1c(-c2cccnc2C(C)C)n(CC)c2ccc(-c3cccc(CC(C)CCCC(=C)C=O)c3)cc12. The third-order valence-electron chi connectivity index (χ3n) is 9.01. The second kappa shape index (κ2) is 14.8. The summed E-state index contributed by atoms with van der Waals surface area (Å²) >= 11 is 0. The third-order valence-corrected chi connectivity index (χ3v) is 9.01. The predicted molar refractivity (Wildman–Crippen MR) is 189 cm³/mol. The smallest absolute Gasteiger partial charge is 0.145 e. The van der Waals surface area contributed by atoms with Crippen LogP contribution in [0.2, 0.25) is 0 Å². The van der Waals surface area contributed by atoms with E-state index in [-0.39, 0.29) is 5.41 Å². The van der Waals surface area contributed by atoms with E-state index in [1.165, 1.54) is 44.4 Å². The Morgan fingerprint density at radius 2 is 1.82 bits per heavy atom. The van der Waals surface area contributed by atoms with Gasteiger partial charge in [-0.05, 0) is 115 Å². The first-order valence-electron chi connectivity index (χ1n) is 16.5. The first-order valence-corrected chi connectivity index (χ1v) is 16.5. The quantitative estimate of drug-likeness (QED) is 0.0741. The number of pyridine rings is 1. The zero-order valence-electron chi connectivity index (χ0n) is 28.0. The fraction of sp³-hybridized carbons (Fsp3) is 0.415. The van der Waals surface area contributed by atoms with E-state index in [4.69, 9.17) is 4.98 Å². The van der Waals surface area contributed by atoms with Crippen LogP contribution in [0.1, 0.15) is 96.4 Å². The maximum absolute atomic E-state index is 10.9. The highest BCUT2D eigenvalue weighted by Crippen LogP contribution is 2.42. The van der Waals surface area contributed by atoms with Gasteiger partial charge in [-0.3, -0.25) is 9.78 Å². The van der Waals surface area contributed by atoms with Gasteiger partial charge in [-0.2, -0.15) is 0 Å². The fourth-order valence-corrected chi connectivity index (χ4v) is 6.68. The molecule has 0 radical (unpaired) electrons. The standard InChI is InChI=1S/C41H52N2O/c1-9-11-22-41(7,8)27-37-36-26-34(33-18-13-17-32(25-33)24-30(5)15-12-16-31(6)28-44)20-21-38(36)43(10-2)40(37)35-19-14-23-42-39(35)29(3)4/h9,13-14,17-21,23,25-26,28-30H,1,6,10-12,15-16,22,24,27H2,2-5,7-8H3. The highest BCUT2D eigenvalue weighted by atomic mass is 16.1. The second-order valence-electron chi connectivity index (χ2n) is 13.7. The van der Waals surface area contributed by atoms with E-state index in [1.54, 1.807) is 0 Å². The number of fused-ring (bicyclic) bond motifs is 1. The van der Waals surface area contributed by atoms with Crippen molar-refractivity contribution < 1.29 is 4.79 Å². The molecule has 0 saturated carbocycles. The zero-order valence-corrected chi connectivity index (χ0v) is 28.0. The van der Waals surface area contributed by atoms with Crippen LogP contribution in [0.3, 0.4) is 0 Å². The van der Waals surface area contributed by atoms with Gasteiger partial charge >= 0.3 is 0 Å². The Morgan fingerprint density at radius 1 is 1.05 bits per heavy atom. The lowest BCUT2D eigenvalue weighted by atomic mass is 9.80. The average molecular weight is 589 g/mol. The summed E-state index contributed by atoms with van der Waals surface area (Å²) in [5, 5.41) is 1.35. The van der Waals surface area contributed by atoms with E-state index >= 15 is 0 Å². The highest BCUT2D eigenvalue weighted by Gasteiger charge is 2.27. The van der Waals surface area contributed by atoms with E-state index in [0.717, 1.165) is 63.5 Å². The molecule has 0 aliphatic rings. The number of rotatable bonds is 16. The molecular formula is C41H52N2O. The van der Waals surface area contributed by atoms with Crippen molar-refractivity contribution in [3.63, 3.8) is 0 Å². The molecule has 4 aromatic rings. The molecule has 1 unspecified atom stereocenters. The first kappa shape index (κ1) is 33.2. The number of carbonyl (C=O) groups is 1. The van der Waals surface area contributed by atoms with Crippen molar-refractivity contribution in [2.75, 3.05) is 0 Å². The summed E-state index contributed by atoms with van der Waals surface area (Å²) in [4.78, 5) is 15.8. The van der Waals surface area contributed by atoms with Crippen LogP contribution >= 0.6 is 0 Å². The number of benzene rings is 2. The van der Waals surface area contributed by atoms with Crippen LogP contribution in [0.4, 0.5) is 0 Å². The van der Waals surface area contributed by atoms with Gasteiger partial charge in [-0.15, -0.1) is 6.58 Å². The minimum Gasteiger partial charge on any atom is -0.340 e. The van der Waals surface area contributed by atoms with E-state index in [2.05, 4.69) is 114 Å². The van der Waals surface area contributed by atoms with Gasteiger partial charge < -0.3 is 4.57 Å². The monoisotopic (exact) mass is 588 g/mol. The summed E-state index contributed by atoms with van der Waals surface area (Å²) in [7, 11) is 0. The lowest BCUT2D eigenvalue weighted by Crippen LogP contribution is -2.15. The number of hydrogen-bond acceptors (Lipinski definition) is 2. The summed E-state index contributed by atoms with van der Waals surface area (Å²) in [6.07, 6.45) is 11.9. The van der Waals surface area contributed by atoms with Gasteiger partial charge in [0.15, 0.2) is 0 Å². The molecule has 3 heteroatoms. The molecule has 0 N–H and O–H groups in total. The topological polar surface area (TPSA) is 34.9 Å². The molecule has 0 bridgehead atoms. The molecule has 232 valence electrons. The minimum atomic E-state index is 0.125. The number of hydrogen-bond donors (Lipinski definition) is 0. The van der Waals surface area contributed by atoms with Gasteiger partial charge in [0.2, 0.25) is 0 Å². The van der Waals surface area contributed by atoms with Crippen molar-refractivity contribution in [2.45, 2.75) is 99.0 Å². The van der Waals surface area contributed by atoms with Crippen molar-refractivity contribution in [3.8, 4) is 22.4 Å². The average Bonchev–Trinajstić information content (AvgIpc) is 3.31. The number of allylic oxidation sites excluding steroid dienone is 2. The minimum absolute atomic E-state index is 0.125. The van der Waals surface area contributed by atoms with E-state index < -0.39 is 0 Å². The normalized spacial score (nSPS) is 12.5. The number of aromatic nitrogens is 2. The lowest BCUT2D eigenvalue weighted by Gasteiger charge is -2.25. The maximum Gasteiger partial charge on any atom is 0.145 e. The molecule has 2 aromatic heterocycles. The Labute approximate surface area is 266 Å². The van der Waals surface area contributed by atoms with Crippen LogP contribution in [-0.2, 0) is 24.2 Å². The summed E-state index contributed by atoms with van der Waals surface area (Å²) < 4.78 is 2.51. The molecule has 44 heavy (non-hydrogen) atoms. The Balaban J connectivity index is 1.79. The zero-order chi connectivity index (χ0) is 31.9. The molecule has 2 heterocycles. The predicted octanol–water partition coefficient (Wildman–Crippen LogP) is 11.2. The van der Waals surface area contributed by atoms with E-state index in [9.17, 15) is 4.79 Å². The molecule has 0 fully saturated rings. The van der Waals surface area contributed by atoms with Crippen molar-refractivity contribution >= 4 is 17.2 Å². The van der Waals surface area contributed by atoms with Crippen LogP contribution in [0, 0.1) is 11.3 Å². The Kier molecular flexibility index (Phi) is 11.2. The molecule has 4 rings (SSSR count).